The quantitative estimate of drug-likeness (QED) is 0.798. The maximum absolute atomic E-state index is 12.0. The molecule has 0 aliphatic heterocycles. The van der Waals surface area contributed by atoms with Gasteiger partial charge in [0, 0.05) is 24.5 Å². The number of halogens is 1. The Morgan fingerprint density at radius 3 is 2.69 bits per heavy atom. The number of H-pyrrole nitrogens is 1. The molecule has 6 heteroatoms. The second kappa shape index (κ2) is 5.65. The Hall–Kier alpha value is -1.36. The largest absolute Gasteiger partial charge is 0.334 e. The van der Waals surface area contributed by atoms with Crippen LogP contribution < -0.4 is 5.56 Å². The smallest absolute Gasteiger partial charge is 0.274 e. The van der Waals surface area contributed by atoms with Gasteiger partial charge in [-0.15, -0.1) is 11.6 Å². The van der Waals surface area contributed by atoms with E-state index in [2.05, 4.69) is 10.2 Å². The number of carbonyl (C=O) groups excluding carboxylic acids is 1. The van der Waals surface area contributed by atoms with Gasteiger partial charge in [0.05, 0.1) is 0 Å². The van der Waals surface area contributed by atoms with E-state index in [0.29, 0.717) is 12.4 Å². The van der Waals surface area contributed by atoms with Crippen molar-refractivity contribution in [1.29, 1.82) is 0 Å². The lowest BCUT2D eigenvalue weighted by Gasteiger charge is -2.25. The molecule has 1 amide bonds. The predicted octanol–water partition coefficient (Wildman–Crippen LogP) is 0.859. The summed E-state index contributed by atoms with van der Waals surface area (Å²) in [5.41, 5.74) is -0.108. The monoisotopic (exact) mass is 243 g/mol. The van der Waals surface area contributed by atoms with Crippen molar-refractivity contribution < 1.29 is 4.79 Å². The van der Waals surface area contributed by atoms with Crippen LogP contribution in [0.3, 0.4) is 0 Å². The van der Waals surface area contributed by atoms with Crippen LogP contribution >= 0.6 is 11.6 Å². The summed E-state index contributed by atoms with van der Waals surface area (Å²) in [7, 11) is 0. The zero-order chi connectivity index (χ0) is 12.1. The summed E-state index contributed by atoms with van der Waals surface area (Å²) in [6.45, 7) is 4.26. The first kappa shape index (κ1) is 12.7. The minimum atomic E-state index is -0.329. The summed E-state index contributed by atoms with van der Waals surface area (Å²) in [5, 5.41) is 5.92. The van der Waals surface area contributed by atoms with Gasteiger partial charge in [0.1, 0.15) is 5.69 Å². The molecule has 0 bridgehead atoms. The normalized spacial score (nSPS) is 10.5. The Morgan fingerprint density at radius 1 is 1.56 bits per heavy atom. The Bertz CT molecular complexity index is 396. The molecule has 5 nitrogen and oxygen atoms in total. The van der Waals surface area contributed by atoms with Gasteiger partial charge in [-0.1, -0.05) is 0 Å². The standard InChI is InChI=1S/C10H14ClN3O2/c1-7(2)14(6-5-11)10(16)8-3-4-9(15)13-12-8/h3-4,7H,5-6H2,1-2H3,(H,13,15). The molecular formula is C10H14ClN3O2. The Morgan fingerprint density at radius 2 is 2.25 bits per heavy atom. The second-order valence-electron chi connectivity index (χ2n) is 3.59. The molecule has 0 spiro atoms. The van der Waals surface area contributed by atoms with Crippen molar-refractivity contribution in [2.45, 2.75) is 19.9 Å². The van der Waals surface area contributed by atoms with Crippen molar-refractivity contribution in [1.82, 2.24) is 15.1 Å². The molecule has 0 saturated heterocycles. The van der Waals surface area contributed by atoms with E-state index in [1.54, 1.807) is 4.90 Å². The summed E-state index contributed by atoms with van der Waals surface area (Å²) in [6, 6.07) is 2.73. The van der Waals surface area contributed by atoms with Gasteiger partial charge in [-0.3, -0.25) is 9.59 Å². The number of hydrogen-bond donors (Lipinski definition) is 1. The van der Waals surface area contributed by atoms with Crippen molar-refractivity contribution in [3.05, 3.63) is 28.2 Å². The van der Waals surface area contributed by atoms with Gasteiger partial charge in [0.15, 0.2) is 0 Å². The fraction of sp³-hybridized carbons (Fsp3) is 0.500. The average Bonchev–Trinajstić information content (AvgIpc) is 2.25. The number of rotatable bonds is 4. The fourth-order valence-corrected chi connectivity index (χ4v) is 1.48. The Kier molecular flexibility index (Phi) is 4.49. The topological polar surface area (TPSA) is 66.1 Å². The molecule has 0 fully saturated rings. The number of aromatic amines is 1. The number of nitrogens with one attached hydrogen (secondary N) is 1. The second-order valence-corrected chi connectivity index (χ2v) is 3.97. The van der Waals surface area contributed by atoms with E-state index in [9.17, 15) is 9.59 Å². The molecule has 0 atom stereocenters. The average molecular weight is 244 g/mol. The van der Waals surface area contributed by atoms with Crippen molar-refractivity contribution in [2.24, 2.45) is 0 Å². The zero-order valence-electron chi connectivity index (χ0n) is 9.24. The lowest BCUT2D eigenvalue weighted by molar-refractivity contribution is 0.0711. The van der Waals surface area contributed by atoms with Gasteiger partial charge in [-0.05, 0) is 19.9 Å². The molecule has 0 saturated carbocycles. The Labute approximate surface area is 98.4 Å². The third-order valence-electron chi connectivity index (χ3n) is 2.11. The summed E-state index contributed by atoms with van der Waals surface area (Å²) in [4.78, 5) is 24.4. The van der Waals surface area contributed by atoms with Crippen molar-refractivity contribution in [3.63, 3.8) is 0 Å². The summed E-state index contributed by atoms with van der Waals surface area (Å²) < 4.78 is 0. The summed E-state index contributed by atoms with van der Waals surface area (Å²) in [5.74, 6) is 0.139. The highest BCUT2D eigenvalue weighted by molar-refractivity contribution is 6.18. The van der Waals surface area contributed by atoms with Crippen molar-refractivity contribution in [3.8, 4) is 0 Å². The van der Waals surface area contributed by atoms with Gasteiger partial charge in [0.2, 0.25) is 0 Å². The molecule has 0 aliphatic rings. The number of carbonyl (C=O) groups is 1. The molecule has 0 radical (unpaired) electrons. The third kappa shape index (κ3) is 3.06. The highest BCUT2D eigenvalue weighted by Gasteiger charge is 2.19. The van der Waals surface area contributed by atoms with Crippen LogP contribution in [-0.4, -0.2) is 39.5 Å². The fourth-order valence-electron chi connectivity index (χ4n) is 1.30. The number of alkyl halides is 1. The van der Waals surface area contributed by atoms with Crippen molar-refractivity contribution in [2.75, 3.05) is 12.4 Å². The van der Waals surface area contributed by atoms with Gasteiger partial charge < -0.3 is 4.90 Å². The van der Waals surface area contributed by atoms with Crippen LogP contribution in [0.25, 0.3) is 0 Å². The van der Waals surface area contributed by atoms with Crippen LogP contribution in [0.2, 0.25) is 0 Å². The molecule has 0 unspecified atom stereocenters. The molecule has 0 aromatic carbocycles. The van der Waals surface area contributed by atoms with E-state index < -0.39 is 0 Å². The van der Waals surface area contributed by atoms with E-state index in [1.807, 2.05) is 13.8 Å². The minimum Gasteiger partial charge on any atom is -0.334 e. The number of amides is 1. The van der Waals surface area contributed by atoms with Crippen molar-refractivity contribution >= 4 is 17.5 Å². The first-order valence-corrected chi connectivity index (χ1v) is 5.52. The van der Waals surface area contributed by atoms with Gasteiger partial charge in [-0.25, -0.2) is 5.10 Å². The molecule has 0 aliphatic carbocycles. The number of aromatic nitrogens is 2. The first-order valence-electron chi connectivity index (χ1n) is 4.99. The van der Waals surface area contributed by atoms with E-state index in [0.717, 1.165) is 0 Å². The van der Waals surface area contributed by atoms with Gasteiger partial charge >= 0.3 is 0 Å². The van der Waals surface area contributed by atoms with Crippen LogP contribution in [0.4, 0.5) is 0 Å². The van der Waals surface area contributed by atoms with Crippen LogP contribution in [0.1, 0.15) is 24.3 Å². The van der Waals surface area contributed by atoms with E-state index in [4.69, 9.17) is 11.6 Å². The molecule has 88 valence electrons. The molecule has 16 heavy (non-hydrogen) atoms. The van der Waals surface area contributed by atoms with Gasteiger partial charge in [-0.2, -0.15) is 5.10 Å². The SMILES string of the molecule is CC(C)N(CCCl)C(=O)c1ccc(=O)[nH]n1. The molecule has 1 aromatic heterocycles. The Balaban J connectivity index is 2.90. The third-order valence-corrected chi connectivity index (χ3v) is 2.28. The lowest BCUT2D eigenvalue weighted by atomic mass is 10.2. The van der Waals surface area contributed by atoms with Crippen LogP contribution in [-0.2, 0) is 0 Å². The first-order chi connectivity index (χ1) is 7.56. The zero-order valence-corrected chi connectivity index (χ0v) is 9.99. The molecule has 1 heterocycles. The molecule has 1 rings (SSSR count). The van der Waals surface area contributed by atoms with Crippen LogP contribution in [0.5, 0.6) is 0 Å². The summed E-state index contributed by atoms with van der Waals surface area (Å²) >= 11 is 5.62. The number of hydrogen-bond acceptors (Lipinski definition) is 3. The highest BCUT2D eigenvalue weighted by atomic mass is 35.5. The number of nitrogens with zero attached hydrogens (tertiary/aromatic N) is 2. The maximum atomic E-state index is 12.0. The summed E-state index contributed by atoms with van der Waals surface area (Å²) in [6.07, 6.45) is 0. The van der Waals surface area contributed by atoms with Gasteiger partial charge in [0.25, 0.3) is 11.5 Å². The van der Waals surface area contributed by atoms with Crippen LogP contribution in [0, 0.1) is 0 Å². The molecule has 1 N–H and O–H groups in total. The van der Waals surface area contributed by atoms with E-state index in [1.165, 1.54) is 12.1 Å². The molecular weight excluding hydrogens is 230 g/mol. The lowest BCUT2D eigenvalue weighted by Crippen LogP contribution is -2.39. The van der Waals surface area contributed by atoms with E-state index >= 15 is 0 Å². The highest BCUT2D eigenvalue weighted by Crippen LogP contribution is 2.05. The maximum Gasteiger partial charge on any atom is 0.274 e. The molecule has 1 aromatic rings. The van der Waals surface area contributed by atoms with Crippen LogP contribution in [0.15, 0.2) is 16.9 Å². The predicted molar refractivity (Wildman–Crippen MR) is 61.8 cm³/mol. The van der Waals surface area contributed by atoms with E-state index in [-0.39, 0.29) is 23.2 Å². The minimum absolute atomic E-state index is 0.0416.